The third-order valence-electron chi connectivity index (χ3n) is 5.97. The summed E-state index contributed by atoms with van der Waals surface area (Å²) in [5.74, 6) is 0.620. The highest BCUT2D eigenvalue weighted by Crippen LogP contribution is 2.56. The SMILES string of the molecule is CCC1NCCC2C1c1ccc(C)cc1C2(O)c1ccc(Br)cc1. The van der Waals surface area contributed by atoms with Crippen LogP contribution in [0.4, 0.5) is 0 Å². The zero-order valence-corrected chi connectivity index (χ0v) is 15.8. The summed E-state index contributed by atoms with van der Waals surface area (Å²) in [6, 6.07) is 15.3. The summed E-state index contributed by atoms with van der Waals surface area (Å²) in [5.41, 5.74) is 3.78. The van der Waals surface area contributed by atoms with Crippen LogP contribution in [0, 0.1) is 12.8 Å². The van der Waals surface area contributed by atoms with E-state index in [1.54, 1.807) is 0 Å². The summed E-state index contributed by atoms with van der Waals surface area (Å²) in [6.07, 6.45) is 2.09. The number of fused-ring (bicyclic) bond motifs is 3. The zero-order valence-electron chi connectivity index (χ0n) is 14.2. The van der Waals surface area contributed by atoms with Crippen LogP contribution in [-0.2, 0) is 5.60 Å². The largest absolute Gasteiger partial charge is 0.380 e. The number of benzene rings is 2. The van der Waals surface area contributed by atoms with Crippen molar-refractivity contribution in [2.75, 3.05) is 6.54 Å². The second kappa shape index (κ2) is 5.98. The summed E-state index contributed by atoms with van der Waals surface area (Å²) in [7, 11) is 0. The van der Waals surface area contributed by atoms with E-state index in [1.165, 1.54) is 11.1 Å². The number of aryl methyl sites for hydroxylation is 1. The van der Waals surface area contributed by atoms with Gasteiger partial charge in [0.15, 0.2) is 0 Å². The van der Waals surface area contributed by atoms with Crippen molar-refractivity contribution in [2.24, 2.45) is 5.92 Å². The molecule has 0 aromatic heterocycles. The van der Waals surface area contributed by atoms with Crippen molar-refractivity contribution in [3.05, 3.63) is 69.2 Å². The molecule has 0 radical (unpaired) electrons. The third-order valence-corrected chi connectivity index (χ3v) is 6.50. The highest BCUT2D eigenvalue weighted by atomic mass is 79.9. The molecular weight excluding hydrogens is 362 g/mol. The lowest BCUT2D eigenvalue weighted by Gasteiger charge is -2.41. The van der Waals surface area contributed by atoms with E-state index < -0.39 is 5.60 Å². The first-order valence-electron chi connectivity index (χ1n) is 8.88. The fourth-order valence-electron chi connectivity index (χ4n) is 4.88. The van der Waals surface area contributed by atoms with Crippen LogP contribution < -0.4 is 5.32 Å². The molecule has 1 aliphatic carbocycles. The maximum Gasteiger partial charge on any atom is 0.118 e. The molecule has 0 saturated carbocycles. The van der Waals surface area contributed by atoms with Crippen molar-refractivity contribution in [3.63, 3.8) is 0 Å². The van der Waals surface area contributed by atoms with Gasteiger partial charge in [-0.15, -0.1) is 0 Å². The lowest BCUT2D eigenvalue weighted by atomic mass is 9.72. The minimum atomic E-state index is -0.887. The maximum absolute atomic E-state index is 12.0. The summed E-state index contributed by atoms with van der Waals surface area (Å²) in [6.45, 7) is 5.33. The van der Waals surface area contributed by atoms with Crippen molar-refractivity contribution in [2.45, 2.75) is 44.2 Å². The molecule has 1 aliphatic heterocycles. The minimum absolute atomic E-state index is 0.238. The number of rotatable bonds is 2. The van der Waals surface area contributed by atoms with Gasteiger partial charge in [0.25, 0.3) is 0 Å². The van der Waals surface area contributed by atoms with Crippen molar-refractivity contribution in [1.29, 1.82) is 0 Å². The van der Waals surface area contributed by atoms with Crippen LogP contribution in [0.25, 0.3) is 0 Å². The predicted octanol–water partition coefficient (Wildman–Crippen LogP) is 4.48. The molecule has 0 amide bonds. The Morgan fingerprint density at radius 2 is 1.96 bits per heavy atom. The van der Waals surface area contributed by atoms with Crippen LogP contribution in [-0.4, -0.2) is 17.7 Å². The molecule has 2 N–H and O–H groups in total. The van der Waals surface area contributed by atoms with Gasteiger partial charge in [-0.1, -0.05) is 58.7 Å². The first-order valence-corrected chi connectivity index (χ1v) is 9.67. The Bertz CT molecular complexity index is 757. The van der Waals surface area contributed by atoms with Gasteiger partial charge in [-0.3, -0.25) is 0 Å². The predicted molar refractivity (Wildman–Crippen MR) is 101 cm³/mol. The number of hydrogen-bond acceptors (Lipinski definition) is 2. The van der Waals surface area contributed by atoms with Crippen molar-refractivity contribution < 1.29 is 5.11 Å². The quantitative estimate of drug-likeness (QED) is 0.798. The smallest absolute Gasteiger partial charge is 0.118 e. The van der Waals surface area contributed by atoms with Gasteiger partial charge >= 0.3 is 0 Å². The molecule has 1 fully saturated rings. The molecule has 2 nitrogen and oxygen atoms in total. The molecule has 2 aromatic carbocycles. The van der Waals surface area contributed by atoms with E-state index in [4.69, 9.17) is 0 Å². The lowest BCUT2D eigenvalue weighted by Crippen LogP contribution is -2.47. The lowest BCUT2D eigenvalue weighted by molar-refractivity contribution is 0.00167. The maximum atomic E-state index is 12.0. The fourth-order valence-corrected chi connectivity index (χ4v) is 5.14. The molecule has 24 heavy (non-hydrogen) atoms. The Hall–Kier alpha value is -1.16. The number of halogens is 1. The van der Waals surface area contributed by atoms with Crippen LogP contribution in [0.5, 0.6) is 0 Å². The number of hydrogen-bond donors (Lipinski definition) is 2. The molecule has 1 saturated heterocycles. The van der Waals surface area contributed by atoms with Crippen molar-refractivity contribution in [1.82, 2.24) is 5.32 Å². The second-order valence-corrected chi connectivity index (χ2v) is 8.17. The van der Waals surface area contributed by atoms with Crippen LogP contribution in [0.1, 0.15) is 47.9 Å². The van der Waals surface area contributed by atoms with E-state index in [0.717, 1.165) is 35.0 Å². The summed E-state index contributed by atoms with van der Waals surface area (Å²) >= 11 is 3.51. The Kier molecular flexibility index (Phi) is 4.06. The van der Waals surface area contributed by atoms with Crippen molar-refractivity contribution in [3.8, 4) is 0 Å². The molecule has 2 aliphatic rings. The molecule has 0 bridgehead atoms. The Morgan fingerprint density at radius 1 is 1.21 bits per heavy atom. The molecule has 4 atom stereocenters. The Morgan fingerprint density at radius 3 is 2.67 bits per heavy atom. The van der Waals surface area contributed by atoms with Gasteiger partial charge in [0.2, 0.25) is 0 Å². The van der Waals surface area contributed by atoms with Gasteiger partial charge < -0.3 is 10.4 Å². The van der Waals surface area contributed by atoms with Crippen LogP contribution in [0.2, 0.25) is 0 Å². The van der Waals surface area contributed by atoms with E-state index >= 15 is 0 Å². The summed E-state index contributed by atoms with van der Waals surface area (Å²) in [5, 5.41) is 15.7. The highest BCUT2D eigenvalue weighted by Gasteiger charge is 2.54. The van der Waals surface area contributed by atoms with Gasteiger partial charge in [-0.25, -0.2) is 0 Å². The first-order chi connectivity index (χ1) is 11.6. The molecule has 4 rings (SSSR count). The summed E-state index contributed by atoms with van der Waals surface area (Å²) < 4.78 is 1.05. The van der Waals surface area contributed by atoms with Gasteiger partial charge in [0.1, 0.15) is 5.60 Å². The third kappa shape index (κ3) is 2.29. The standard InChI is InChI=1S/C21H24BrNO/c1-3-19-20-16-9-4-13(2)12-18(16)21(24,17(20)10-11-23-19)14-5-7-15(22)8-6-14/h4-9,12,17,19-20,23-24H,3,10-11H2,1-2H3. The van der Waals surface area contributed by atoms with E-state index in [0.29, 0.717) is 12.0 Å². The average molecular weight is 386 g/mol. The molecule has 1 heterocycles. The van der Waals surface area contributed by atoms with E-state index in [1.807, 2.05) is 12.1 Å². The number of aliphatic hydroxyl groups is 1. The normalized spacial score (nSPS) is 31.6. The van der Waals surface area contributed by atoms with E-state index in [-0.39, 0.29) is 5.92 Å². The van der Waals surface area contributed by atoms with E-state index in [2.05, 4.69) is 65.4 Å². The van der Waals surface area contributed by atoms with E-state index in [9.17, 15) is 5.11 Å². The second-order valence-electron chi connectivity index (χ2n) is 7.25. The molecular formula is C21H24BrNO. The Balaban J connectivity index is 1.93. The van der Waals surface area contributed by atoms with Crippen LogP contribution in [0.15, 0.2) is 46.9 Å². The Labute approximate surface area is 152 Å². The van der Waals surface area contributed by atoms with Gasteiger partial charge in [0, 0.05) is 22.4 Å². The van der Waals surface area contributed by atoms with Crippen molar-refractivity contribution >= 4 is 15.9 Å². The van der Waals surface area contributed by atoms with Gasteiger partial charge in [-0.2, -0.15) is 0 Å². The summed E-state index contributed by atoms with van der Waals surface area (Å²) in [4.78, 5) is 0. The molecule has 2 aromatic rings. The minimum Gasteiger partial charge on any atom is -0.380 e. The van der Waals surface area contributed by atoms with Crippen LogP contribution >= 0.6 is 15.9 Å². The molecule has 0 spiro atoms. The zero-order chi connectivity index (χ0) is 16.9. The number of piperidine rings is 1. The topological polar surface area (TPSA) is 32.3 Å². The molecule has 4 unspecified atom stereocenters. The average Bonchev–Trinajstić information content (AvgIpc) is 2.85. The number of nitrogens with one attached hydrogen (secondary N) is 1. The fraction of sp³-hybridized carbons (Fsp3) is 0.429. The molecule has 3 heteroatoms. The first kappa shape index (κ1) is 16.3. The highest BCUT2D eigenvalue weighted by molar-refractivity contribution is 9.10. The monoisotopic (exact) mass is 385 g/mol. The molecule has 126 valence electrons. The van der Waals surface area contributed by atoms with Gasteiger partial charge in [-0.05, 0) is 55.1 Å². The van der Waals surface area contributed by atoms with Gasteiger partial charge in [0.05, 0.1) is 0 Å². The van der Waals surface area contributed by atoms with Crippen LogP contribution in [0.3, 0.4) is 0 Å².